The molecule has 0 amide bonds. The van der Waals surface area contributed by atoms with Gasteiger partial charge in [-0.25, -0.2) is 13.4 Å². The minimum Gasteiger partial charge on any atom is -0.443 e. The summed E-state index contributed by atoms with van der Waals surface area (Å²) in [5, 5.41) is 3.24. The molecule has 5 nitrogen and oxygen atoms in total. The van der Waals surface area contributed by atoms with Gasteiger partial charge < -0.3 is 9.73 Å². The minimum absolute atomic E-state index is 0.0799. The summed E-state index contributed by atoms with van der Waals surface area (Å²) in [6, 6.07) is 0.593. The molecule has 0 spiro atoms. The third-order valence-corrected chi connectivity index (χ3v) is 2.93. The Bertz CT molecular complexity index is 434. The Morgan fingerprint density at radius 3 is 2.93 bits per heavy atom. The SMILES string of the molecule is CS(=O)(=O)Cc1cnc(CNC2CC2)o1. The van der Waals surface area contributed by atoms with E-state index in [-0.39, 0.29) is 5.75 Å². The van der Waals surface area contributed by atoms with Crippen LogP contribution in [-0.2, 0) is 22.1 Å². The molecule has 0 radical (unpaired) electrons. The fourth-order valence-corrected chi connectivity index (χ4v) is 1.92. The van der Waals surface area contributed by atoms with Gasteiger partial charge in [0.2, 0.25) is 5.89 Å². The topological polar surface area (TPSA) is 72.2 Å². The van der Waals surface area contributed by atoms with E-state index in [0.717, 1.165) is 0 Å². The molecule has 15 heavy (non-hydrogen) atoms. The number of hydrogen-bond donors (Lipinski definition) is 1. The number of oxazole rings is 1. The van der Waals surface area contributed by atoms with E-state index < -0.39 is 9.84 Å². The van der Waals surface area contributed by atoms with Crippen LogP contribution in [0.3, 0.4) is 0 Å². The molecule has 0 aliphatic heterocycles. The van der Waals surface area contributed by atoms with Crippen LogP contribution in [0.4, 0.5) is 0 Å². The predicted molar refractivity (Wildman–Crippen MR) is 54.9 cm³/mol. The van der Waals surface area contributed by atoms with E-state index in [1.807, 2.05) is 0 Å². The average Bonchev–Trinajstić information content (AvgIpc) is 2.83. The summed E-state index contributed by atoms with van der Waals surface area (Å²) in [4.78, 5) is 4.01. The standard InChI is InChI=1S/C9H14N2O3S/c1-15(12,13)6-8-4-11-9(14-8)5-10-7-2-3-7/h4,7,10H,2-3,5-6H2,1H3. The van der Waals surface area contributed by atoms with Crippen molar-refractivity contribution in [3.8, 4) is 0 Å². The number of rotatable bonds is 5. The van der Waals surface area contributed by atoms with Gasteiger partial charge in [-0.05, 0) is 12.8 Å². The molecule has 1 N–H and O–H groups in total. The quantitative estimate of drug-likeness (QED) is 0.796. The third kappa shape index (κ3) is 3.64. The molecule has 0 saturated heterocycles. The van der Waals surface area contributed by atoms with Crippen molar-refractivity contribution in [3.05, 3.63) is 17.8 Å². The smallest absolute Gasteiger partial charge is 0.208 e. The number of aromatic nitrogens is 1. The minimum atomic E-state index is -3.04. The largest absolute Gasteiger partial charge is 0.443 e. The average molecular weight is 230 g/mol. The molecule has 1 aromatic rings. The molecule has 2 rings (SSSR count). The van der Waals surface area contributed by atoms with Crippen LogP contribution in [0.1, 0.15) is 24.5 Å². The van der Waals surface area contributed by atoms with Crippen LogP contribution >= 0.6 is 0 Å². The summed E-state index contributed by atoms with van der Waals surface area (Å²) in [5.74, 6) is 0.884. The first-order valence-electron chi connectivity index (χ1n) is 4.87. The Balaban J connectivity index is 1.90. The highest BCUT2D eigenvalue weighted by molar-refractivity contribution is 7.89. The zero-order valence-corrected chi connectivity index (χ0v) is 9.38. The molecular weight excluding hydrogens is 216 g/mol. The second-order valence-corrected chi connectivity index (χ2v) is 6.09. The first kappa shape index (κ1) is 10.6. The fourth-order valence-electron chi connectivity index (χ4n) is 1.27. The van der Waals surface area contributed by atoms with Gasteiger partial charge in [-0.2, -0.15) is 0 Å². The van der Waals surface area contributed by atoms with Gasteiger partial charge in [-0.3, -0.25) is 0 Å². The van der Waals surface area contributed by atoms with Gasteiger partial charge in [0.25, 0.3) is 0 Å². The lowest BCUT2D eigenvalue weighted by atomic mass is 10.6. The Hall–Kier alpha value is -0.880. The predicted octanol–water partition coefficient (Wildman–Crippen LogP) is 0.471. The summed E-state index contributed by atoms with van der Waals surface area (Å²) < 4.78 is 27.3. The van der Waals surface area contributed by atoms with Gasteiger partial charge in [0.05, 0.1) is 12.7 Å². The second kappa shape index (κ2) is 3.94. The maximum absolute atomic E-state index is 11.0. The molecule has 1 aromatic heterocycles. The van der Waals surface area contributed by atoms with Crippen LogP contribution in [0.5, 0.6) is 0 Å². The van der Waals surface area contributed by atoms with Crippen molar-refractivity contribution in [1.29, 1.82) is 0 Å². The van der Waals surface area contributed by atoms with Crippen molar-refractivity contribution in [1.82, 2.24) is 10.3 Å². The van der Waals surface area contributed by atoms with Crippen LogP contribution in [0.25, 0.3) is 0 Å². The zero-order valence-electron chi connectivity index (χ0n) is 8.56. The Labute approximate surface area is 88.8 Å². The van der Waals surface area contributed by atoms with E-state index in [0.29, 0.717) is 24.2 Å². The van der Waals surface area contributed by atoms with Crippen molar-refractivity contribution < 1.29 is 12.8 Å². The van der Waals surface area contributed by atoms with Gasteiger partial charge in [-0.15, -0.1) is 0 Å². The highest BCUT2D eigenvalue weighted by atomic mass is 32.2. The van der Waals surface area contributed by atoms with Crippen molar-refractivity contribution in [2.45, 2.75) is 31.2 Å². The number of sulfone groups is 1. The van der Waals surface area contributed by atoms with Crippen LogP contribution in [0.2, 0.25) is 0 Å². The van der Waals surface area contributed by atoms with E-state index in [4.69, 9.17) is 4.42 Å². The highest BCUT2D eigenvalue weighted by Gasteiger charge is 2.21. The molecule has 0 bridgehead atoms. The van der Waals surface area contributed by atoms with Crippen LogP contribution in [0, 0.1) is 0 Å². The maximum atomic E-state index is 11.0. The number of nitrogens with one attached hydrogen (secondary N) is 1. The van der Waals surface area contributed by atoms with Crippen LogP contribution in [0.15, 0.2) is 10.6 Å². The van der Waals surface area contributed by atoms with Gasteiger partial charge in [0.15, 0.2) is 9.84 Å². The number of hydrogen-bond acceptors (Lipinski definition) is 5. The molecule has 0 atom stereocenters. The molecule has 1 aliphatic carbocycles. The third-order valence-electron chi connectivity index (χ3n) is 2.13. The van der Waals surface area contributed by atoms with Crippen LogP contribution < -0.4 is 5.32 Å². The van der Waals surface area contributed by atoms with E-state index in [9.17, 15) is 8.42 Å². The molecule has 84 valence electrons. The van der Waals surface area contributed by atoms with E-state index in [1.54, 1.807) is 0 Å². The molecule has 0 aromatic carbocycles. The summed E-state index contributed by atoms with van der Waals surface area (Å²) >= 11 is 0. The summed E-state index contributed by atoms with van der Waals surface area (Å²) in [6.45, 7) is 0.578. The summed E-state index contributed by atoms with van der Waals surface area (Å²) in [5.41, 5.74) is 0. The van der Waals surface area contributed by atoms with E-state index >= 15 is 0 Å². The zero-order chi connectivity index (χ0) is 10.9. The van der Waals surface area contributed by atoms with Crippen LogP contribution in [-0.4, -0.2) is 25.7 Å². The Morgan fingerprint density at radius 2 is 2.33 bits per heavy atom. The molecule has 6 heteroatoms. The molecule has 1 saturated carbocycles. The number of nitrogens with zero attached hydrogens (tertiary/aromatic N) is 1. The van der Waals surface area contributed by atoms with Crippen molar-refractivity contribution >= 4 is 9.84 Å². The monoisotopic (exact) mass is 230 g/mol. The van der Waals surface area contributed by atoms with Crippen molar-refractivity contribution in [2.24, 2.45) is 0 Å². The first-order chi connectivity index (χ1) is 7.03. The molecule has 1 heterocycles. The molecule has 1 aliphatic rings. The van der Waals surface area contributed by atoms with Gasteiger partial charge in [0.1, 0.15) is 11.5 Å². The van der Waals surface area contributed by atoms with E-state index in [2.05, 4.69) is 10.3 Å². The second-order valence-electron chi connectivity index (χ2n) is 3.95. The highest BCUT2D eigenvalue weighted by Crippen LogP contribution is 2.19. The lowest BCUT2D eigenvalue weighted by Crippen LogP contribution is -2.15. The van der Waals surface area contributed by atoms with E-state index in [1.165, 1.54) is 25.3 Å². The van der Waals surface area contributed by atoms with Crippen molar-refractivity contribution in [3.63, 3.8) is 0 Å². The molecule has 0 unspecified atom stereocenters. The summed E-state index contributed by atoms with van der Waals surface area (Å²) in [6.07, 6.45) is 5.07. The van der Waals surface area contributed by atoms with Gasteiger partial charge in [0, 0.05) is 12.3 Å². The maximum Gasteiger partial charge on any atom is 0.208 e. The van der Waals surface area contributed by atoms with Gasteiger partial charge in [-0.1, -0.05) is 0 Å². The Morgan fingerprint density at radius 1 is 1.60 bits per heavy atom. The molecule has 1 fully saturated rings. The summed E-state index contributed by atoms with van der Waals surface area (Å²) in [7, 11) is -3.04. The van der Waals surface area contributed by atoms with Crippen molar-refractivity contribution in [2.75, 3.05) is 6.26 Å². The lowest BCUT2D eigenvalue weighted by molar-refractivity contribution is 0.444. The Kier molecular flexibility index (Phi) is 2.79. The fraction of sp³-hybridized carbons (Fsp3) is 0.667. The van der Waals surface area contributed by atoms with Gasteiger partial charge >= 0.3 is 0 Å². The lowest BCUT2D eigenvalue weighted by Gasteiger charge is -1.97. The normalized spacial score (nSPS) is 16.9. The first-order valence-corrected chi connectivity index (χ1v) is 6.94. The molecular formula is C9H14N2O3S.